The van der Waals surface area contributed by atoms with Crippen LogP contribution in [0.25, 0.3) is 5.57 Å². The zero-order valence-corrected chi connectivity index (χ0v) is 15.8. The molecular weight excluding hydrogens is 358 g/mol. The van der Waals surface area contributed by atoms with Crippen molar-refractivity contribution in [2.45, 2.75) is 6.42 Å². The molecule has 146 valence electrons. The van der Waals surface area contributed by atoms with Gasteiger partial charge in [-0.1, -0.05) is 36.4 Å². The van der Waals surface area contributed by atoms with Crippen LogP contribution in [0.15, 0.2) is 60.7 Å². The van der Waals surface area contributed by atoms with E-state index in [-0.39, 0.29) is 19.1 Å². The van der Waals surface area contributed by atoms with Crippen molar-refractivity contribution in [3.8, 4) is 11.5 Å². The van der Waals surface area contributed by atoms with E-state index < -0.39 is 5.97 Å². The second-order valence-electron chi connectivity index (χ2n) is 6.31. The zero-order chi connectivity index (χ0) is 19.8. The minimum Gasteiger partial charge on any atom is -0.497 e. The van der Waals surface area contributed by atoms with Crippen LogP contribution in [0.1, 0.15) is 12.0 Å². The Hall–Kier alpha value is -3.28. The van der Waals surface area contributed by atoms with E-state index in [1.807, 2.05) is 24.3 Å². The molecule has 3 rings (SSSR count). The maximum atomic E-state index is 12.3. The molecule has 0 spiro atoms. The van der Waals surface area contributed by atoms with Crippen LogP contribution in [0, 0.1) is 0 Å². The maximum absolute atomic E-state index is 12.3. The third kappa shape index (κ3) is 5.36. The highest BCUT2D eigenvalue weighted by molar-refractivity contribution is 5.82. The molecule has 2 aromatic rings. The van der Waals surface area contributed by atoms with Gasteiger partial charge in [-0.3, -0.25) is 4.79 Å². The first-order valence-electron chi connectivity index (χ1n) is 9.10. The summed E-state index contributed by atoms with van der Waals surface area (Å²) in [5, 5.41) is 0. The normalized spacial score (nSPS) is 13.5. The van der Waals surface area contributed by atoms with Crippen molar-refractivity contribution >= 4 is 17.4 Å². The highest BCUT2D eigenvalue weighted by atomic mass is 16.6. The topological polar surface area (TPSA) is 65.1 Å². The molecule has 0 fully saturated rings. The van der Waals surface area contributed by atoms with Gasteiger partial charge in [0.2, 0.25) is 0 Å². The molecule has 6 nitrogen and oxygen atoms in total. The van der Waals surface area contributed by atoms with E-state index in [4.69, 9.17) is 14.2 Å². The van der Waals surface area contributed by atoms with Crippen molar-refractivity contribution in [2.24, 2.45) is 0 Å². The second-order valence-corrected chi connectivity index (χ2v) is 6.31. The first-order valence-corrected chi connectivity index (χ1v) is 9.10. The molecule has 1 heterocycles. The van der Waals surface area contributed by atoms with Crippen LogP contribution in [0.5, 0.6) is 11.5 Å². The lowest BCUT2D eigenvalue weighted by molar-refractivity contribution is -0.153. The molecular formula is C22H23NO5. The average molecular weight is 381 g/mol. The molecule has 0 saturated carbocycles. The van der Waals surface area contributed by atoms with Gasteiger partial charge in [-0.05, 0) is 41.8 Å². The summed E-state index contributed by atoms with van der Waals surface area (Å²) in [6.07, 6.45) is 2.83. The Morgan fingerprint density at radius 1 is 0.964 bits per heavy atom. The number of esters is 1. The van der Waals surface area contributed by atoms with Crippen LogP contribution in [0.4, 0.5) is 0 Å². The third-order valence-electron chi connectivity index (χ3n) is 4.48. The summed E-state index contributed by atoms with van der Waals surface area (Å²) < 4.78 is 15.4. The van der Waals surface area contributed by atoms with Gasteiger partial charge in [0.25, 0.3) is 5.91 Å². The van der Waals surface area contributed by atoms with Gasteiger partial charge in [0.1, 0.15) is 11.5 Å². The lowest BCUT2D eigenvalue weighted by Gasteiger charge is -2.26. The number of rotatable bonds is 7. The van der Waals surface area contributed by atoms with E-state index in [0.717, 1.165) is 6.42 Å². The molecule has 1 aliphatic rings. The summed E-state index contributed by atoms with van der Waals surface area (Å²) in [6, 6.07) is 17.0. The Morgan fingerprint density at radius 3 is 2.32 bits per heavy atom. The predicted octanol–water partition coefficient (Wildman–Crippen LogP) is 2.93. The molecule has 0 N–H and O–H groups in total. The number of ether oxygens (including phenoxy) is 3. The van der Waals surface area contributed by atoms with Gasteiger partial charge in [0.15, 0.2) is 13.2 Å². The Labute approximate surface area is 164 Å². The zero-order valence-electron chi connectivity index (χ0n) is 15.8. The number of hydrogen-bond acceptors (Lipinski definition) is 5. The van der Waals surface area contributed by atoms with Crippen LogP contribution in [-0.2, 0) is 14.3 Å². The van der Waals surface area contributed by atoms with Gasteiger partial charge in [0, 0.05) is 13.1 Å². The molecule has 0 unspecified atom stereocenters. The second kappa shape index (κ2) is 9.60. The van der Waals surface area contributed by atoms with Crippen LogP contribution in [-0.4, -0.2) is 50.2 Å². The molecule has 6 heteroatoms. The monoisotopic (exact) mass is 381 g/mol. The third-order valence-corrected chi connectivity index (χ3v) is 4.48. The van der Waals surface area contributed by atoms with Crippen molar-refractivity contribution in [3.63, 3.8) is 0 Å². The number of carbonyl (C=O) groups is 2. The van der Waals surface area contributed by atoms with Gasteiger partial charge in [-0.25, -0.2) is 4.79 Å². The Morgan fingerprint density at radius 2 is 1.68 bits per heavy atom. The molecule has 1 amide bonds. The SMILES string of the molecule is COc1ccc(OCC(=O)OCC(=O)N2CC=C(c3ccccc3)CC2)cc1. The van der Waals surface area contributed by atoms with E-state index in [1.165, 1.54) is 11.1 Å². The van der Waals surface area contributed by atoms with E-state index in [2.05, 4.69) is 12.1 Å². The number of methoxy groups -OCH3 is 1. The van der Waals surface area contributed by atoms with Gasteiger partial charge >= 0.3 is 5.97 Å². The summed E-state index contributed by atoms with van der Waals surface area (Å²) in [6.45, 7) is 0.597. The average Bonchev–Trinajstić information content (AvgIpc) is 2.77. The number of hydrogen-bond donors (Lipinski definition) is 0. The fraction of sp³-hybridized carbons (Fsp3) is 0.273. The lowest BCUT2D eigenvalue weighted by Crippen LogP contribution is -2.38. The Bertz CT molecular complexity index is 830. The Balaban J connectivity index is 1.40. The fourth-order valence-corrected chi connectivity index (χ4v) is 2.90. The largest absolute Gasteiger partial charge is 0.497 e. The van der Waals surface area contributed by atoms with Crippen LogP contribution < -0.4 is 9.47 Å². The van der Waals surface area contributed by atoms with Crippen molar-refractivity contribution in [2.75, 3.05) is 33.4 Å². The van der Waals surface area contributed by atoms with Crippen LogP contribution in [0.2, 0.25) is 0 Å². The smallest absolute Gasteiger partial charge is 0.344 e. The molecule has 0 radical (unpaired) electrons. The molecule has 28 heavy (non-hydrogen) atoms. The maximum Gasteiger partial charge on any atom is 0.344 e. The summed E-state index contributed by atoms with van der Waals surface area (Å²) in [4.78, 5) is 25.7. The van der Waals surface area contributed by atoms with Crippen molar-refractivity contribution in [1.29, 1.82) is 0 Å². The molecule has 1 aliphatic heterocycles. The summed E-state index contributed by atoms with van der Waals surface area (Å²) in [5.41, 5.74) is 2.41. The minimum atomic E-state index is -0.582. The van der Waals surface area contributed by atoms with E-state index in [1.54, 1.807) is 36.3 Å². The Kier molecular flexibility index (Phi) is 6.68. The van der Waals surface area contributed by atoms with Crippen molar-refractivity contribution in [3.05, 3.63) is 66.2 Å². The van der Waals surface area contributed by atoms with E-state index >= 15 is 0 Å². The number of benzene rings is 2. The molecule has 0 saturated heterocycles. The van der Waals surface area contributed by atoms with Crippen LogP contribution >= 0.6 is 0 Å². The van der Waals surface area contributed by atoms with Gasteiger partial charge in [-0.2, -0.15) is 0 Å². The first kappa shape index (κ1) is 19.5. The number of amides is 1. The summed E-state index contributed by atoms with van der Waals surface area (Å²) in [5.74, 6) is 0.438. The van der Waals surface area contributed by atoms with Crippen molar-refractivity contribution < 1.29 is 23.8 Å². The van der Waals surface area contributed by atoms with Gasteiger partial charge < -0.3 is 19.1 Å². The minimum absolute atomic E-state index is 0.207. The van der Waals surface area contributed by atoms with Gasteiger partial charge in [0.05, 0.1) is 7.11 Å². The van der Waals surface area contributed by atoms with E-state index in [0.29, 0.717) is 24.6 Å². The molecule has 2 aromatic carbocycles. The first-order chi connectivity index (χ1) is 13.7. The number of nitrogens with zero attached hydrogens (tertiary/aromatic N) is 1. The lowest BCUT2D eigenvalue weighted by atomic mass is 10.00. The fourth-order valence-electron chi connectivity index (χ4n) is 2.90. The molecule has 0 bridgehead atoms. The van der Waals surface area contributed by atoms with Crippen LogP contribution in [0.3, 0.4) is 0 Å². The van der Waals surface area contributed by atoms with Crippen molar-refractivity contribution in [1.82, 2.24) is 4.90 Å². The number of carbonyl (C=O) groups excluding carboxylic acids is 2. The summed E-state index contributed by atoms with van der Waals surface area (Å²) >= 11 is 0. The molecule has 0 atom stereocenters. The van der Waals surface area contributed by atoms with E-state index in [9.17, 15) is 9.59 Å². The molecule has 0 aromatic heterocycles. The predicted molar refractivity (Wildman–Crippen MR) is 105 cm³/mol. The highest BCUT2D eigenvalue weighted by Gasteiger charge is 2.19. The molecule has 0 aliphatic carbocycles. The van der Waals surface area contributed by atoms with Gasteiger partial charge in [-0.15, -0.1) is 0 Å². The quantitative estimate of drug-likeness (QED) is 0.690. The standard InChI is InChI=1S/C22H23NO5/c1-26-19-7-9-20(10-8-19)27-16-22(25)28-15-21(24)23-13-11-18(12-14-23)17-5-3-2-4-6-17/h2-11H,12-16H2,1H3. The summed E-state index contributed by atoms with van der Waals surface area (Å²) in [7, 11) is 1.57. The highest BCUT2D eigenvalue weighted by Crippen LogP contribution is 2.22.